The molecule has 106 valence electrons. The summed E-state index contributed by atoms with van der Waals surface area (Å²) < 4.78 is 15.4. The summed E-state index contributed by atoms with van der Waals surface area (Å²) in [6, 6.07) is 7.23. The maximum absolute atomic E-state index is 12.0. The molecule has 0 bridgehead atoms. The van der Waals surface area contributed by atoms with Crippen molar-refractivity contribution in [3.05, 3.63) is 29.8 Å². The lowest BCUT2D eigenvalue weighted by atomic mass is 10.1. The number of methoxy groups -OCH3 is 2. The van der Waals surface area contributed by atoms with Crippen LogP contribution in [0.5, 0.6) is 5.75 Å². The number of nitrogens with one attached hydrogen (secondary N) is 1. The molecule has 0 aliphatic rings. The Bertz CT molecular complexity index is 381. The maximum atomic E-state index is 12.0. The second kappa shape index (κ2) is 9.49. The van der Waals surface area contributed by atoms with Gasteiger partial charge in [0.2, 0.25) is 0 Å². The molecule has 0 saturated carbocycles. The van der Waals surface area contributed by atoms with E-state index in [1.807, 2.05) is 12.1 Å². The Kier molecular flexibility index (Phi) is 7.81. The summed E-state index contributed by atoms with van der Waals surface area (Å²) in [4.78, 5) is 12.0. The van der Waals surface area contributed by atoms with Gasteiger partial charge in [0.15, 0.2) is 5.78 Å². The average molecular weight is 267 g/mol. The van der Waals surface area contributed by atoms with Gasteiger partial charge in [0.25, 0.3) is 0 Å². The number of carbonyl (C=O) groups excluding carboxylic acids is 1. The van der Waals surface area contributed by atoms with E-state index in [1.54, 1.807) is 26.4 Å². The van der Waals surface area contributed by atoms with Crippen molar-refractivity contribution >= 4 is 5.78 Å². The van der Waals surface area contributed by atoms with E-state index < -0.39 is 0 Å². The van der Waals surface area contributed by atoms with E-state index in [9.17, 15) is 4.79 Å². The Hall–Kier alpha value is -1.43. The molecule has 1 aromatic rings. The number of carbonyl (C=O) groups is 1. The van der Waals surface area contributed by atoms with Gasteiger partial charge in [0, 0.05) is 20.8 Å². The molecule has 0 atom stereocenters. The van der Waals surface area contributed by atoms with Crippen molar-refractivity contribution in [2.45, 2.75) is 0 Å². The van der Waals surface area contributed by atoms with Crippen molar-refractivity contribution < 1.29 is 19.0 Å². The Labute approximate surface area is 113 Å². The summed E-state index contributed by atoms with van der Waals surface area (Å²) in [6.45, 7) is 2.43. The van der Waals surface area contributed by atoms with Crippen LogP contribution in [0.25, 0.3) is 0 Å². The lowest BCUT2D eigenvalue weighted by Gasteiger charge is -2.10. The number of hydrogen-bond donors (Lipinski definition) is 1. The minimum atomic E-state index is 0.00381. The fourth-order valence-corrected chi connectivity index (χ4v) is 1.53. The number of para-hydroxylation sites is 1. The van der Waals surface area contributed by atoms with Crippen LogP contribution in [-0.2, 0) is 9.47 Å². The Balaban J connectivity index is 2.52. The van der Waals surface area contributed by atoms with Gasteiger partial charge in [-0.1, -0.05) is 12.1 Å². The van der Waals surface area contributed by atoms with Gasteiger partial charge in [-0.3, -0.25) is 4.79 Å². The van der Waals surface area contributed by atoms with E-state index in [0.717, 1.165) is 0 Å². The van der Waals surface area contributed by atoms with Crippen LogP contribution in [-0.4, -0.2) is 52.9 Å². The van der Waals surface area contributed by atoms with Crippen LogP contribution in [0, 0.1) is 0 Å². The molecule has 0 aliphatic carbocycles. The molecule has 5 heteroatoms. The fraction of sp³-hybridized carbons (Fsp3) is 0.500. The monoisotopic (exact) mass is 267 g/mol. The third-order valence-electron chi connectivity index (χ3n) is 2.50. The van der Waals surface area contributed by atoms with Crippen LogP contribution in [0.2, 0.25) is 0 Å². The van der Waals surface area contributed by atoms with Crippen molar-refractivity contribution in [2.75, 3.05) is 47.1 Å². The summed E-state index contributed by atoms with van der Waals surface area (Å²) in [5.74, 6) is 0.599. The van der Waals surface area contributed by atoms with Crippen LogP contribution in [0.4, 0.5) is 0 Å². The predicted octanol–water partition coefficient (Wildman–Crippen LogP) is 1.13. The first-order valence-corrected chi connectivity index (χ1v) is 6.23. The molecule has 0 heterocycles. The second-order valence-electron chi connectivity index (χ2n) is 3.93. The van der Waals surface area contributed by atoms with E-state index in [-0.39, 0.29) is 12.3 Å². The Morgan fingerprint density at radius 3 is 2.58 bits per heavy atom. The summed E-state index contributed by atoms with van der Waals surface area (Å²) in [5.41, 5.74) is 0.587. The second-order valence-corrected chi connectivity index (χ2v) is 3.93. The standard InChI is InChI=1S/C14H21NO4/c1-17-8-7-15-11-13(16)12-5-3-4-6-14(12)19-10-9-18-2/h3-6,15H,7-11H2,1-2H3. The lowest BCUT2D eigenvalue weighted by molar-refractivity contribution is 0.0979. The average Bonchev–Trinajstić information content (AvgIpc) is 2.44. The summed E-state index contributed by atoms with van der Waals surface area (Å²) in [7, 11) is 3.24. The van der Waals surface area contributed by atoms with Gasteiger partial charge in [-0.25, -0.2) is 0 Å². The van der Waals surface area contributed by atoms with E-state index >= 15 is 0 Å². The van der Waals surface area contributed by atoms with Crippen LogP contribution < -0.4 is 10.1 Å². The zero-order valence-corrected chi connectivity index (χ0v) is 11.5. The zero-order chi connectivity index (χ0) is 13.9. The van der Waals surface area contributed by atoms with Gasteiger partial charge < -0.3 is 19.5 Å². The minimum Gasteiger partial charge on any atom is -0.490 e. The van der Waals surface area contributed by atoms with Crippen LogP contribution in [0.3, 0.4) is 0 Å². The van der Waals surface area contributed by atoms with E-state index in [4.69, 9.17) is 14.2 Å². The van der Waals surface area contributed by atoms with E-state index in [1.165, 1.54) is 0 Å². The van der Waals surface area contributed by atoms with Gasteiger partial charge in [0.1, 0.15) is 12.4 Å². The van der Waals surface area contributed by atoms with E-state index in [0.29, 0.717) is 37.7 Å². The van der Waals surface area contributed by atoms with Crippen molar-refractivity contribution in [1.82, 2.24) is 5.32 Å². The predicted molar refractivity (Wildman–Crippen MR) is 72.9 cm³/mol. The number of Topliss-reactive ketones (excluding diaryl/α,β-unsaturated/α-hetero) is 1. The third kappa shape index (κ3) is 5.83. The summed E-state index contributed by atoms with van der Waals surface area (Å²) >= 11 is 0. The molecule has 0 amide bonds. The fourth-order valence-electron chi connectivity index (χ4n) is 1.53. The lowest BCUT2D eigenvalue weighted by Crippen LogP contribution is -2.26. The van der Waals surface area contributed by atoms with Gasteiger partial charge in [-0.15, -0.1) is 0 Å². The van der Waals surface area contributed by atoms with Crippen molar-refractivity contribution in [2.24, 2.45) is 0 Å². The SMILES string of the molecule is COCCNCC(=O)c1ccccc1OCCOC. The molecule has 0 unspecified atom stereocenters. The maximum Gasteiger partial charge on any atom is 0.180 e. The molecule has 1 aromatic carbocycles. The van der Waals surface area contributed by atoms with Gasteiger partial charge in [-0.05, 0) is 12.1 Å². The first-order valence-electron chi connectivity index (χ1n) is 6.23. The van der Waals surface area contributed by atoms with Crippen LogP contribution in [0.15, 0.2) is 24.3 Å². The highest BCUT2D eigenvalue weighted by Crippen LogP contribution is 2.18. The molecule has 1 rings (SSSR count). The Morgan fingerprint density at radius 2 is 1.84 bits per heavy atom. The number of ketones is 1. The van der Waals surface area contributed by atoms with E-state index in [2.05, 4.69) is 5.32 Å². The van der Waals surface area contributed by atoms with Gasteiger partial charge >= 0.3 is 0 Å². The van der Waals surface area contributed by atoms with Crippen LogP contribution >= 0.6 is 0 Å². The molecule has 0 radical (unpaired) electrons. The third-order valence-corrected chi connectivity index (χ3v) is 2.50. The van der Waals surface area contributed by atoms with Gasteiger partial charge in [0.05, 0.1) is 25.3 Å². The molecule has 0 aliphatic heterocycles. The first-order chi connectivity index (χ1) is 9.29. The summed E-state index contributed by atoms with van der Waals surface area (Å²) in [5, 5.41) is 3.02. The molecule has 0 fully saturated rings. The van der Waals surface area contributed by atoms with Gasteiger partial charge in [-0.2, -0.15) is 0 Å². The summed E-state index contributed by atoms with van der Waals surface area (Å²) in [6.07, 6.45) is 0. The molecule has 0 saturated heterocycles. The highest BCUT2D eigenvalue weighted by molar-refractivity contribution is 6.00. The van der Waals surface area contributed by atoms with Crippen LogP contribution in [0.1, 0.15) is 10.4 Å². The molecule has 1 N–H and O–H groups in total. The zero-order valence-electron chi connectivity index (χ0n) is 11.5. The number of ether oxygens (including phenoxy) is 3. The highest BCUT2D eigenvalue weighted by Gasteiger charge is 2.11. The number of hydrogen-bond acceptors (Lipinski definition) is 5. The van der Waals surface area contributed by atoms with Crippen molar-refractivity contribution in [1.29, 1.82) is 0 Å². The normalized spacial score (nSPS) is 10.4. The molecule has 19 heavy (non-hydrogen) atoms. The highest BCUT2D eigenvalue weighted by atomic mass is 16.5. The van der Waals surface area contributed by atoms with Crippen molar-refractivity contribution in [3.8, 4) is 5.75 Å². The quantitative estimate of drug-likeness (QED) is 0.509. The largest absolute Gasteiger partial charge is 0.490 e. The molecule has 0 aromatic heterocycles. The first kappa shape index (κ1) is 15.6. The Morgan fingerprint density at radius 1 is 1.11 bits per heavy atom. The number of benzene rings is 1. The molecule has 0 spiro atoms. The molecular weight excluding hydrogens is 246 g/mol. The molecule has 5 nitrogen and oxygen atoms in total. The molecular formula is C14H21NO4. The van der Waals surface area contributed by atoms with Crippen molar-refractivity contribution in [3.63, 3.8) is 0 Å². The topological polar surface area (TPSA) is 56.8 Å². The number of rotatable bonds is 10. The smallest absolute Gasteiger partial charge is 0.180 e. The minimum absolute atomic E-state index is 0.00381.